The third-order valence-corrected chi connectivity index (χ3v) is 4.65. The maximum Gasteiger partial charge on any atom is 0.416 e. The summed E-state index contributed by atoms with van der Waals surface area (Å²) in [6.07, 6.45) is -3.79. The Bertz CT molecular complexity index is 874. The molecule has 0 atom stereocenters. The molecule has 3 nitrogen and oxygen atoms in total. The Morgan fingerprint density at radius 2 is 1.73 bits per heavy atom. The van der Waals surface area contributed by atoms with Crippen molar-refractivity contribution in [3.63, 3.8) is 0 Å². The van der Waals surface area contributed by atoms with E-state index in [1.165, 1.54) is 23.5 Å². The van der Waals surface area contributed by atoms with E-state index in [1.54, 1.807) is 24.3 Å². The quantitative estimate of drug-likeness (QED) is 0.695. The Hall–Kier alpha value is -2.67. The van der Waals surface area contributed by atoms with Gasteiger partial charge in [0.05, 0.1) is 11.3 Å². The summed E-state index contributed by atoms with van der Waals surface area (Å²) in [4.78, 5) is 16.4. The second kappa shape index (κ2) is 7.70. The molecule has 0 aliphatic carbocycles. The Labute approximate surface area is 152 Å². The van der Waals surface area contributed by atoms with Crippen molar-refractivity contribution in [1.82, 2.24) is 10.3 Å². The van der Waals surface area contributed by atoms with Crippen molar-refractivity contribution < 1.29 is 18.0 Å². The monoisotopic (exact) mass is 376 g/mol. The molecule has 0 saturated heterocycles. The number of carbonyl (C=O) groups excluding carboxylic acids is 1. The minimum atomic E-state index is -4.34. The summed E-state index contributed by atoms with van der Waals surface area (Å²) < 4.78 is 37.8. The van der Waals surface area contributed by atoms with E-state index in [0.29, 0.717) is 29.1 Å². The Morgan fingerprint density at radius 1 is 1.04 bits per heavy atom. The topological polar surface area (TPSA) is 42.0 Å². The van der Waals surface area contributed by atoms with Crippen molar-refractivity contribution in [3.8, 4) is 10.6 Å². The van der Waals surface area contributed by atoms with Crippen LogP contribution in [0.4, 0.5) is 13.2 Å². The number of amides is 1. The average molecular weight is 376 g/mol. The van der Waals surface area contributed by atoms with Crippen LogP contribution in [0.3, 0.4) is 0 Å². The lowest BCUT2D eigenvalue weighted by Gasteiger charge is -2.06. The van der Waals surface area contributed by atoms with Crippen LogP contribution in [-0.2, 0) is 12.6 Å². The number of nitrogens with zero attached hydrogens (tertiary/aromatic N) is 1. The first kappa shape index (κ1) is 18.1. The minimum Gasteiger partial charge on any atom is -0.352 e. The van der Waals surface area contributed by atoms with E-state index in [-0.39, 0.29) is 5.91 Å². The van der Waals surface area contributed by atoms with E-state index in [4.69, 9.17) is 0 Å². The number of thiazole rings is 1. The second-order valence-corrected chi connectivity index (χ2v) is 6.45. The zero-order valence-corrected chi connectivity index (χ0v) is 14.4. The zero-order valence-electron chi connectivity index (χ0n) is 13.6. The van der Waals surface area contributed by atoms with Crippen LogP contribution in [-0.4, -0.2) is 17.4 Å². The Kier molecular flexibility index (Phi) is 5.37. The summed E-state index contributed by atoms with van der Waals surface area (Å²) in [5.74, 6) is -0.149. The molecule has 134 valence electrons. The molecule has 1 aromatic heterocycles. The van der Waals surface area contributed by atoms with Gasteiger partial charge in [-0.2, -0.15) is 13.2 Å². The smallest absolute Gasteiger partial charge is 0.352 e. The molecule has 2 aromatic carbocycles. The van der Waals surface area contributed by atoms with E-state index < -0.39 is 11.7 Å². The average Bonchev–Trinajstić information content (AvgIpc) is 3.11. The van der Waals surface area contributed by atoms with Crippen molar-refractivity contribution >= 4 is 17.2 Å². The fourth-order valence-electron chi connectivity index (χ4n) is 2.35. The number of aromatic nitrogens is 1. The number of halogens is 3. The van der Waals surface area contributed by atoms with Gasteiger partial charge in [-0.05, 0) is 24.3 Å². The highest BCUT2D eigenvalue weighted by atomic mass is 32.1. The van der Waals surface area contributed by atoms with Gasteiger partial charge >= 0.3 is 6.18 Å². The van der Waals surface area contributed by atoms with Crippen molar-refractivity contribution in [2.45, 2.75) is 12.6 Å². The SMILES string of the molecule is O=C(NCCc1csc(-c2ccc(C(F)(F)F)cc2)n1)c1ccccc1. The maximum atomic E-state index is 12.6. The summed E-state index contributed by atoms with van der Waals surface area (Å²) in [6.45, 7) is 0.434. The molecule has 3 rings (SSSR count). The summed E-state index contributed by atoms with van der Waals surface area (Å²) in [5, 5.41) is 5.33. The molecule has 0 aliphatic heterocycles. The lowest BCUT2D eigenvalue weighted by atomic mass is 10.1. The number of benzene rings is 2. The number of alkyl halides is 3. The first-order valence-corrected chi connectivity index (χ1v) is 8.77. The molecule has 26 heavy (non-hydrogen) atoms. The third kappa shape index (κ3) is 4.49. The van der Waals surface area contributed by atoms with Crippen LogP contribution in [0.5, 0.6) is 0 Å². The fourth-order valence-corrected chi connectivity index (χ4v) is 3.21. The summed E-state index contributed by atoms with van der Waals surface area (Å²) in [7, 11) is 0. The molecule has 7 heteroatoms. The molecular formula is C19H15F3N2OS. The highest BCUT2D eigenvalue weighted by Crippen LogP contribution is 2.31. The summed E-state index contributed by atoms with van der Waals surface area (Å²) >= 11 is 1.37. The molecular weight excluding hydrogens is 361 g/mol. The highest BCUT2D eigenvalue weighted by molar-refractivity contribution is 7.13. The molecule has 0 saturated carbocycles. The molecule has 0 unspecified atom stereocenters. The van der Waals surface area contributed by atoms with Crippen LogP contribution in [0, 0.1) is 0 Å². The van der Waals surface area contributed by atoms with E-state index in [9.17, 15) is 18.0 Å². The second-order valence-electron chi connectivity index (χ2n) is 5.59. The van der Waals surface area contributed by atoms with Crippen molar-refractivity contribution in [3.05, 3.63) is 76.8 Å². The van der Waals surface area contributed by atoms with Crippen LogP contribution in [0.1, 0.15) is 21.6 Å². The molecule has 1 amide bonds. The molecule has 1 heterocycles. The molecule has 0 radical (unpaired) electrons. The Morgan fingerprint density at radius 3 is 2.38 bits per heavy atom. The van der Waals surface area contributed by atoms with Gasteiger partial charge in [-0.3, -0.25) is 4.79 Å². The van der Waals surface area contributed by atoms with Gasteiger partial charge in [-0.15, -0.1) is 11.3 Å². The Balaban J connectivity index is 1.57. The van der Waals surface area contributed by atoms with Gasteiger partial charge < -0.3 is 5.32 Å². The van der Waals surface area contributed by atoms with Gasteiger partial charge in [0.25, 0.3) is 5.91 Å². The molecule has 0 spiro atoms. The predicted molar refractivity (Wildman–Crippen MR) is 95.0 cm³/mol. The lowest BCUT2D eigenvalue weighted by molar-refractivity contribution is -0.137. The predicted octanol–water partition coefficient (Wildman–Crippen LogP) is 4.80. The molecule has 0 bridgehead atoms. The van der Waals surface area contributed by atoms with Gasteiger partial charge in [-0.1, -0.05) is 30.3 Å². The normalized spacial score (nSPS) is 11.3. The number of hydrogen-bond acceptors (Lipinski definition) is 3. The third-order valence-electron chi connectivity index (χ3n) is 3.71. The van der Waals surface area contributed by atoms with E-state index >= 15 is 0 Å². The zero-order chi connectivity index (χ0) is 18.6. The van der Waals surface area contributed by atoms with Crippen LogP contribution >= 0.6 is 11.3 Å². The van der Waals surface area contributed by atoms with Crippen LogP contribution in [0.15, 0.2) is 60.0 Å². The van der Waals surface area contributed by atoms with Gasteiger partial charge in [0.1, 0.15) is 5.01 Å². The van der Waals surface area contributed by atoms with Crippen LogP contribution in [0.25, 0.3) is 10.6 Å². The van der Waals surface area contributed by atoms with Crippen molar-refractivity contribution in [1.29, 1.82) is 0 Å². The number of carbonyl (C=O) groups is 1. The first-order chi connectivity index (χ1) is 12.4. The van der Waals surface area contributed by atoms with E-state index in [2.05, 4.69) is 10.3 Å². The first-order valence-electron chi connectivity index (χ1n) is 7.89. The lowest BCUT2D eigenvalue weighted by Crippen LogP contribution is -2.25. The standard InChI is InChI=1S/C19H15F3N2OS/c20-19(21,22)15-8-6-14(7-9-15)18-24-16(12-26-18)10-11-23-17(25)13-4-2-1-3-5-13/h1-9,12H,10-11H2,(H,23,25). The fraction of sp³-hybridized carbons (Fsp3) is 0.158. The van der Waals surface area contributed by atoms with Gasteiger partial charge in [0.15, 0.2) is 0 Å². The molecule has 0 aliphatic rings. The van der Waals surface area contributed by atoms with Gasteiger partial charge in [0.2, 0.25) is 0 Å². The maximum absolute atomic E-state index is 12.6. The highest BCUT2D eigenvalue weighted by Gasteiger charge is 2.30. The molecule has 0 fully saturated rings. The summed E-state index contributed by atoms with van der Waals surface area (Å²) in [6, 6.07) is 13.9. The molecule has 3 aromatic rings. The van der Waals surface area contributed by atoms with Crippen LogP contribution in [0.2, 0.25) is 0 Å². The van der Waals surface area contributed by atoms with Crippen molar-refractivity contribution in [2.75, 3.05) is 6.54 Å². The van der Waals surface area contributed by atoms with Gasteiger partial charge in [-0.25, -0.2) is 4.98 Å². The van der Waals surface area contributed by atoms with Crippen molar-refractivity contribution in [2.24, 2.45) is 0 Å². The minimum absolute atomic E-state index is 0.149. The molecule has 1 N–H and O–H groups in total. The summed E-state index contributed by atoms with van der Waals surface area (Å²) in [5.41, 5.74) is 1.35. The largest absolute Gasteiger partial charge is 0.416 e. The van der Waals surface area contributed by atoms with Gasteiger partial charge in [0, 0.05) is 29.5 Å². The number of hydrogen-bond donors (Lipinski definition) is 1. The number of rotatable bonds is 5. The van der Waals surface area contributed by atoms with Crippen LogP contribution < -0.4 is 5.32 Å². The van der Waals surface area contributed by atoms with E-state index in [1.807, 2.05) is 11.4 Å². The number of nitrogens with one attached hydrogen (secondary N) is 1. The van der Waals surface area contributed by atoms with E-state index in [0.717, 1.165) is 17.8 Å².